The van der Waals surface area contributed by atoms with Gasteiger partial charge in [-0.05, 0) is 97.5 Å². The summed E-state index contributed by atoms with van der Waals surface area (Å²) in [6.07, 6.45) is 16.8. The molecule has 0 spiro atoms. The SMILES string of the molecule is CCCCCCCCc1cc(C#Cc2ccc(O)c(=O)cc2)c(C#Cc2ccc(O)c(=O)cc2)cc1CCCCCCCC. The molecule has 0 heterocycles. The second-order valence-corrected chi connectivity index (χ2v) is 11.4. The standard InChI is InChI=1S/C40H46O4/c1-3-5-7-9-11-13-15-33-29-35(23-17-31-19-25-37(41)38(42)26-20-31)36(30-34(33)16-14-12-10-8-6-4-2)24-18-32-21-27-39(43)40(44)28-22-32/h19-22,25-30H,3-16H2,1-2H3,(H,41,42)(H,43,44). The number of unbranched alkanes of at least 4 members (excludes halogenated alkanes) is 10. The van der Waals surface area contributed by atoms with E-state index < -0.39 is 10.9 Å². The van der Waals surface area contributed by atoms with Crippen LogP contribution in [0.25, 0.3) is 0 Å². The first-order valence-corrected chi connectivity index (χ1v) is 16.3. The van der Waals surface area contributed by atoms with Gasteiger partial charge in [0.05, 0.1) is 0 Å². The van der Waals surface area contributed by atoms with E-state index in [0.29, 0.717) is 11.1 Å². The van der Waals surface area contributed by atoms with Crippen LogP contribution in [0.4, 0.5) is 0 Å². The molecule has 0 amide bonds. The van der Waals surface area contributed by atoms with Gasteiger partial charge < -0.3 is 10.2 Å². The van der Waals surface area contributed by atoms with Crippen molar-refractivity contribution < 1.29 is 10.2 Å². The summed E-state index contributed by atoms with van der Waals surface area (Å²) in [5, 5.41) is 19.6. The molecule has 2 N–H and O–H groups in total. The summed E-state index contributed by atoms with van der Waals surface area (Å²) in [5.41, 5.74) is 4.56. The van der Waals surface area contributed by atoms with Gasteiger partial charge in [0.2, 0.25) is 10.9 Å². The van der Waals surface area contributed by atoms with E-state index in [0.717, 1.165) is 36.8 Å². The highest BCUT2D eigenvalue weighted by Gasteiger charge is 2.09. The van der Waals surface area contributed by atoms with E-state index in [1.54, 1.807) is 24.3 Å². The lowest BCUT2D eigenvalue weighted by Gasteiger charge is -2.13. The summed E-state index contributed by atoms with van der Waals surface area (Å²) in [4.78, 5) is 23.7. The minimum atomic E-state index is -0.451. The van der Waals surface area contributed by atoms with Crippen molar-refractivity contribution in [1.82, 2.24) is 0 Å². The minimum absolute atomic E-state index is 0.312. The monoisotopic (exact) mass is 590 g/mol. The largest absolute Gasteiger partial charge is 0.504 e. The van der Waals surface area contributed by atoms with Gasteiger partial charge in [0.1, 0.15) is 0 Å². The Bertz CT molecular complexity index is 1490. The van der Waals surface area contributed by atoms with Crippen molar-refractivity contribution in [1.29, 1.82) is 0 Å². The fraction of sp³-hybridized carbons (Fsp3) is 0.400. The topological polar surface area (TPSA) is 74.6 Å². The number of rotatable bonds is 14. The Morgan fingerprint density at radius 2 is 0.841 bits per heavy atom. The molecular formula is C40H46O4. The first kappa shape index (κ1) is 34.2. The summed E-state index contributed by atoms with van der Waals surface area (Å²) < 4.78 is 0. The van der Waals surface area contributed by atoms with Gasteiger partial charge in [-0.15, -0.1) is 0 Å². The fourth-order valence-corrected chi connectivity index (χ4v) is 5.11. The van der Waals surface area contributed by atoms with Crippen molar-refractivity contribution in [2.45, 2.75) is 104 Å². The Hall–Kier alpha value is -4.28. The molecule has 0 aliphatic rings. The quantitative estimate of drug-likeness (QED) is 0.146. The number of aromatic hydroxyl groups is 2. The lowest BCUT2D eigenvalue weighted by atomic mass is 9.91. The predicted octanol–water partition coefficient (Wildman–Crippen LogP) is 8.42. The van der Waals surface area contributed by atoms with Crippen LogP contribution >= 0.6 is 0 Å². The molecule has 0 aromatic heterocycles. The highest BCUT2D eigenvalue weighted by atomic mass is 16.3. The number of hydrogen-bond acceptors (Lipinski definition) is 4. The molecule has 0 saturated heterocycles. The van der Waals surface area contributed by atoms with Crippen molar-refractivity contribution in [3.05, 3.63) is 114 Å². The van der Waals surface area contributed by atoms with Gasteiger partial charge >= 0.3 is 0 Å². The van der Waals surface area contributed by atoms with E-state index in [1.807, 2.05) is 0 Å². The molecule has 0 atom stereocenters. The summed E-state index contributed by atoms with van der Waals surface area (Å²) in [6, 6.07) is 16.2. The Kier molecular flexibility index (Phi) is 14.8. The maximum atomic E-state index is 11.9. The lowest BCUT2D eigenvalue weighted by Crippen LogP contribution is -2.00. The van der Waals surface area contributed by atoms with E-state index >= 15 is 0 Å². The van der Waals surface area contributed by atoms with Crippen molar-refractivity contribution >= 4 is 0 Å². The maximum Gasteiger partial charge on any atom is 0.220 e. The van der Waals surface area contributed by atoms with E-state index in [2.05, 4.69) is 49.7 Å². The predicted molar refractivity (Wildman–Crippen MR) is 181 cm³/mol. The molecule has 4 nitrogen and oxygen atoms in total. The van der Waals surface area contributed by atoms with Crippen LogP contribution in [0.2, 0.25) is 0 Å². The average Bonchev–Trinajstić information content (AvgIpc) is 3.29. The van der Waals surface area contributed by atoms with Crippen molar-refractivity contribution in [2.24, 2.45) is 0 Å². The van der Waals surface area contributed by atoms with Crippen LogP contribution in [0.5, 0.6) is 11.5 Å². The molecule has 0 bridgehead atoms. The van der Waals surface area contributed by atoms with Crippen molar-refractivity contribution in [3.63, 3.8) is 0 Å². The van der Waals surface area contributed by atoms with E-state index in [1.165, 1.54) is 99.6 Å². The molecule has 3 aromatic carbocycles. The zero-order chi connectivity index (χ0) is 31.6. The molecule has 3 rings (SSSR count). The zero-order valence-electron chi connectivity index (χ0n) is 26.4. The van der Waals surface area contributed by atoms with Gasteiger partial charge in [0.25, 0.3) is 0 Å². The molecule has 0 saturated carbocycles. The van der Waals surface area contributed by atoms with Crippen LogP contribution in [-0.2, 0) is 12.8 Å². The molecule has 230 valence electrons. The highest BCUT2D eigenvalue weighted by Crippen LogP contribution is 2.22. The van der Waals surface area contributed by atoms with Gasteiger partial charge in [-0.25, -0.2) is 0 Å². The van der Waals surface area contributed by atoms with Crippen LogP contribution in [0.15, 0.2) is 70.3 Å². The summed E-state index contributed by atoms with van der Waals surface area (Å²) >= 11 is 0. The molecule has 0 aliphatic heterocycles. The molecule has 0 fully saturated rings. The van der Waals surface area contributed by atoms with Crippen molar-refractivity contribution in [3.8, 4) is 35.2 Å². The molecule has 0 unspecified atom stereocenters. The number of hydrogen-bond donors (Lipinski definition) is 2. The van der Waals surface area contributed by atoms with Gasteiger partial charge in [-0.1, -0.05) is 102 Å². The van der Waals surface area contributed by atoms with Gasteiger partial charge in [0, 0.05) is 22.3 Å². The third-order valence-electron chi connectivity index (χ3n) is 7.80. The Balaban J connectivity index is 2.02. The number of benzene rings is 1. The van der Waals surface area contributed by atoms with Crippen LogP contribution in [0.3, 0.4) is 0 Å². The summed E-state index contributed by atoms with van der Waals surface area (Å²) in [6.45, 7) is 4.48. The molecule has 3 aromatic rings. The third-order valence-corrected chi connectivity index (χ3v) is 7.80. The first-order chi connectivity index (χ1) is 21.4. The number of aryl methyl sites for hydroxylation is 2. The summed E-state index contributed by atoms with van der Waals surface area (Å²) in [7, 11) is 0. The van der Waals surface area contributed by atoms with Crippen LogP contribution in [-0.4, -0.2) is 10.2 Å². The lowest BCUT2D eigenvalue weighted by molar-refractivity contribution is 0.470. The van der Waals surface area contributed by atoms with E-state index in [9.17, 15) is 19.8 Å². The normalized spacial score (nSPS) is 10.4. The first-order valence-electron chi connectivity index (χ1n) is 16.3. The minimum Gasteiger partial charge on any atom is -0.504 e. The molecule has 4 heteroatoms. The van der Waals surface area contributed by atoms with Crippen LogP contribution in [0, 0.1) is 23.7 Å². The molecule has 44 heavy (non-hydrogen) atoms. The Morgan fingerprint density at radius 3 is 1.25 bits per heavy atom. The third kappa shape index (κ3) is 11.8. The van der Waals surface area contributed by atoms with Gasteiger partial charge in [0.15, 0.2) is 11.5 Å². The Labute approximate surface area is 263 Å². The molecule has 0 aliphatic carbocycles. The van der Waals surface area contributed by atoms with Gasteiger partial charge in [-0.3, -0.25) is 9.59 Å². The smallest absolute Gasteiger partial charge is 0.220 e. The van der Waals surface area contributed by atoms with Crippen molar-refractivity contribution in [2.75, 3.05) is 0 Å². The van der Waals surface area contributed by atoms with Crippen LogP contribution in [0.1, 0.15) is 124 Å². The molecular weight excluding hydrogens is 544 g/mol. The maximum absolute atomic E-state index is 11.9. The van der Waals surface area contributed by atoms with Crippen LogP contribution < -0.4 is 10.9 Å². The molecule has 0 radical (unpaired) electrons. The van der Waals surface area contributed by atoms with E-state index in [4.69, 9.17) is 0 Å². The fourth-order valence-electron chi connectivity index (χ4n) is 5.11. The van der Waals surface area contributed by atoms with E-state index in [-0.39, 0.29) is 11.5 Å². The highest BCUT2D eigenvalue weighted by molar-refractivity contribution is 5.57. The second kappa shape index (κ2) is 19.1. The van der Waals surface area contributed by atoms with Gasteiger partial charge in [-0.2, -0.15) is 0 Å². The average molecular weight is 591 g/mol. The Morgan fingerprint density at radius 1 is 0.477 bits per heavy atom. The second-order valence-electron chi connectivity index (χ2n) is 11.4. The summed E-state index contributed by atoms with van der Waals surface area (Å²) in [5.74, 6) is 12.3. The zero-order valence-corrected chi connectivity index (χ0v) is 26.4.